The van der Waals surface area contributed by atoms with Crippen LogP contribution in [-0.4, -0.2) is 12.5 Å². The predicted molar refractivity (Wildman–Crippen MR) is 39.9 cm³/mol. The Labute approximate surface area is 59.7 Å². The van der Waals surface area contributed by atoms with E-state index < -0.39 is 0 Å². The summed E-state index contributed by atoms with van der Waals surface area (Å²) >= 11 is 3.78. The molecule has 0 fully saturated rings. The van der Waals surface area contributed by atoms with E-state index in [2.05, 4.69) is 17.9 Å². The van der Waals surface area contributed by atoms with Gasteiger partial charge in [0.25, 0.3) is 5.91 Å². The molecule has 3 N–H and O–H groups in total. The first kappa shape index (κ1) is 8.36. The molecule has 0 saturated carbocycles. The van der Waals surface area contributed by atoms with Gasteiger partial charge in [-0.15, -0.1) is 12.6 Å². The van der Waals surface area contributed by atoms with Crippen molar-refractivity contribution in [3.63, 3.8) is 0 Å². The molecule has 0 aliphatic heterocycles. The van der Waals surface area contributed by atoms with Gasteiger partial charge in [0.05, 0.1) is 4.91 Å². The lowest BCUT2D eigenvalue weighted by atomic mass is 10.5. The van der Waals surface area contributed by atoms with Gasteiger partial charge in [0.1, 0.15) is 0 Å². The van der Waals surface area contributed by atoms with E-state index in [0.717, 1.165) is 6.20 Å². The lowest BCUT2D eigenvalue weighted by Crippen LogP contribution is -2.22. The van der Waals surface area contributed by atoms with Crippen LogP contribution >= 0.6 is 12.6 Å². The Hall–Kier alpha value is -0.640. The normalized spacial score (nSPS) is 11.1. The first-order chi connectivity index (χ1) is 4.22. The van der Waals surface area contributed by atoms with Gasteiger partial charge in [0.15, 0.2) is 0 Å². The third-order valence-corrected chi connectivity index (χ3v) is 1.08. The molecule has 4 heteroatoms. The molecule has 0 radical (unpaired) electrons. The minimum atomic E-state index is -0.233. The third-order valence-electron chi connectivity index (χ3n) is 0.728. The monoisotopic (exact) mass is 146 g/mol. The fourth-order valence-corrected chi connectivity index (χ4v) is 0.406. The van der Waals surface area contributed by atoms with E-state index in [1.54, 1.807) is 0 Å². The minimum absolute atomic E-state index is 0.233. The number of hydrogen-bond donors (Lipinski definition) is 3. The van der Waals surface area contributed by atoms with Gasteiger partial charge < -0.3 is 11.1 Å². The molecule has 0 saturated heterocycles. The highest BCUT2D eigenvalue weighted by Gasteiger charge is 1.99. The van der Waals surface area contributed by atoms with Crippen LogP contribution in [0.5, 0.6) is 0 Å². The average molecular weight is 146 g/mol. The van der Waals surface area contributed by atoms with Crippen LogP contribution in [0.1, 0.15) is 6.92 Å². The molecular formula is C5H10N2OS. The number of rotatable bonds is 2. The van der Waals surface area contributed by atoms with Gasteiger partial charge in [-0.3, -0.25) is 4.79 Å². The molecule has 0 atom stereocenters. The number of likely N-dealkylation sites (N-methyl/N-ethyl adjacent to an activating group) is 1. The third kappa shape index (κ3) is 3.03. The summed E-state index contributed by atoms with van der Waals surface area (Å²) in [7, 11) is 0. The van der Waals surface area contributed by atoms with Gasteiger partial charge in [-0.2, -0.15) is 0 Å². The van der Waals surface area contributed by atoms with Crippen molar-refractivity contribution in [1.82, 2.24) is 5.32 Å². The number of carbonyl (C=O) groups is 1. The molecule has 9 heavy (non-hydrogen) atoms. The van der Waals surface area contributed by atoms with Crippen LogP contribution < -0.4 is 11.1 Å². The Morgan fingerprint density at radius 1 is 1.89 bits per heavy atom. The van der Waals surface area contributed by atoms with Crippen LogP contribution in [-0.2, 0) is 4.79 Å². The van der Waals surface area contributed by atoms with Crippen molar-refractivity contribution in [3.8, 4) is 0 Å². The van der Waals surface area contributed by atoms with Crippen molar-refractivity contribution in [2.75, 3.05) is 6.54 Å². The highest BCUT2D eigenvalue weighted by atomic mass is 32.1. The van der Waals surface area contributed by atoms with Crippen molar-refractivity contribution in [2.45, 2.75) is 6.92 Å². The largest absolute Gasteiger partial charge is 0.404 e. The molecule has 52 valence electrons. The Kier molecular flexibility index (Phi) is 3.96. The summed E-state index contributed by atoms with van der Waals surface area (Å²) in [5, 5.41) is 2.53. The number of thiol groups is 1. The molecule has 0 bridgehead atoms. The van der Waals surface area contributed by atoms with Gasteiger partial charge in [-0.25, -0.2) is 0 Å². The van der Waals surface area contributed by atoms with E-state index in [0.29, 0.717) is 6.54 Å². The zero-order valence-corrected chi connectivity index (χ0v) is 6.11. The zero-order valence-electron chi connectivity index (χ0n) is 5.22. The lowest BCUT2D eigenvalue weighted by Gasteiger charge is -1.97. The summed E-state index contributed by atoms with van der Waals surface area (Å²) in [5.74, 6) is -0.233. The Morgan fingerprint density at radius 3 is 2.78 bits per heavy atom. The van der Waals surface area contributed by atoms with E-state index >= 15 is 0 Å². The lowest BCUT2D eigenvalue weighted by molar-refractivity contribution is -0.116. The topological polar surface area (TPSA) is 55.1 Å². The fraction of sp³-hybridized carbons (Fsp3) is 0.400. The number of hydrogen-bond acceptors (Lipinski definition) is 3. The molecule has 0 aromatic rings. The maximum absolute atomic E-state index is 10.6. The summed E-state index contributed by atoms with van der Waals surface area (Å²) in [5.41, 5.74) is 5.00. The summed E-state index contributed by atoms with van der Waals surface area (Å²) in [4.78, 5) is 10.9. The van der Waals surface area contributed by atoms with Gasteiger partial charge in [0, 0.05) is 12.7 Å². The quantitative estimate of drug-likeness (QED) is 0.375. The second-order valence-electron chi connectivity index (χ2n) is 1.41. The van der Waals surface area contributed by atoms with Crippen molar-refractivity contribution in [3.05, 3.63) is 11.1 Å². The standard InChI is InChI=1S/C5H10N2OS/c1-2-7-5(8)4(9)3-6/h3,9H,2,6H2,1H3,(H,7,8)/b4-3-. The van der Waals surface area contributed by atoms with Crippen molar-refractivity contribution < 1.29 is 4.79 Å². The van der Waals surface area contributed by atoms with Crippen LogP contribution in [0, 0.1) is 0 Å². The highest BCUT2D eigenvalue weighted by molar-refractivity contribution is 7.85. The van der Waals surface area contributed by atoms with Crippen molar-refractivity contribution in [1.29, 1.82) is 0 Å². The van der Waals surface area contributed by atoms with Crippen LogP contribution in [0.3, 0.4) is 0 Å². The van der Waals surface area contributed by atoms with Gasteiger partial charge in [0.2, 0.25) is 0 Å². The second-order valence-corrected chi connectivity index (χ2v) is 1.89. The number of nitrogens with two attached hydrogens (primary N) is 1. The molecule has 0 rings (SSSR count). The van der Waals surface area contributed by atoms with Crippen LogP contribution in [0.4, 0.5) is 0 Å². The Morgan fingerprint density at radius 2 is 2.44 bits per heavy atom. The van der Waals surface area contributed by atoms with E-state index in [1.165, 1.54) is 0 Å². The molecule has 3 nitrogen and oxygen atoms in total. The van der Waals surface area contributed by atoms with E-state index in [9.17, 15) is 4.79 Å². The smallest absolute Gasteiger partial charge is 0.258 e. The van der Waals surface area contributed by atoms with Crippen molar-refractivity contribution >= 4 is 18.5 Å². The predicted octanol–water partition coefficient (Wildman–Crippen LogP) is -0.148. The first-order valence-corrected chi connectivity index (χ1v) is 3.06. The van der Waals surface area contributed by atoms with Crippen molar-refractivity contribution in [2.24, 2.45) is 5.73 Å². The van der Waals surface area contributed by atoms with Gasteiger partial charge in [-0.1, -0.05) is 0 Å². The Balaban J connectivity index is 3.74. The van der Waals surface area contributed by atoms with Crippen LogP contribution in [0.2, 0.25) is 0 Å². The summed E-state index contributed by atoms with van der Waals surface area (Å²) < 4.78 is 0. The number of nitrogens with one attached hydrogen (secondary N) is 1. The van der Waals surface area contributed by atoms with Crippen LogP contribution in [0.25, 0.3) is 0 Å². The minimum Gasteiger partial charge on any atom is -0.404 e. The van der Waals surface area contributed by atoms with E-state index in [4.69, 9.17) is 5.73 Å². The molecule has 0 aromatic heterocycles. The summed E-state index contributed by atoms with van der Waals surface area (Å²) in [6.45, 7) is 2.42. The van der Waals surface area contributed by atoms with E-state index in [1.807, 2.05) is 6.92 Å². The molecule has 1 amide bonds. The van der Waals surface area contributed by atoms with Gasteiger partial charge >= 0.3 is 0 Å². The second kappa shape index (κ2) is 4.26. The van der Waals surface area contributed by atoms with Gasteiger partial charge in [-0.05, 0) is 6.92 Å². The molecule has 0 heterocycles. The molecule has 0 spiro atoms. The summed E-state index contributed by atoms with van der Waals surface area (Å²) in [6, 6.07) is 0. The highest BCUT2D eigenvalue weighted by Crippen LogP contribution is 1.95. The molecule has 0 aliphatic carbocycles. The fourth-order valence-electron chi connectivity index (χ4n) is 0.327. The molecular weight excluding hydrogens is 136 g/mol. The maximum atomic E-state index is 10.6. The molecule has 0 aromatic carbocycles. The van der Waals surface area contributed by atoms with E-state index in [-0.39, 0.29) is 10.8 Å². The zero-order chi connectivity index (χ0) is 7.28. The molecule has 0 aliphatic rings. The van der Waals surface area contributed by atoms with Crippen LogP contribution in [0.15, 0.2) is 11.1 Å². The SMILES string of the molecule is CCNC(=O)/C(S)=C/N. The maximum Gasteiger partial charge on any atom is 0.258 e. The first-order valence-electron chi connectivity index (χ1n) is 2.61. The number of carbonyl (C=O) groups excluding carboxylic acids is 1. The summed E-state index contributed by atoms with van der Waals surface area (Å²) in [6.07, 6.45) is 1.16. The Bertz CT molecular complexity index is 133. The average Bonchev–Trinajstić information content (AvgIpc) is 1.87. The molecule has 0 unspecified atom stereocenters. The number of amides is 1.